The molecule has 18 heavy (non-hydrogen) atoms. The van der Waals surface area contributed by atoms with E-state index in [9.17, 15) is 4.79 Å². The summed E-state index contributed by atoms with van der Waals surface area (Å²) in [6.45, 7) is 3.05. The smallest absolute Gasteiger partial charge is 0.233 e. The highest BCUT2D eigenvalue weighted by atomic mass is 32.1. The molecular weight excluding hydrogens is 250 g/mol. The van der Waals surface area contributed by atoms with Gasteiger partial charge in [0, 0.05) is 19.6 Å². The molecule has 3 N–H and O–H groups in total. The van der Waals surface area contributed by atoms with E-state index in [4.69, 9.17) is 22.7 Å². The third-order valence-electron chi connectivity index (χ3n) is 3.95. The highest BCUT2D eigenvalue weighted by Gasteiger charge is 2.46. The predicted octanol–water partition coefficient (Wildman–Crippen LogP) is -0.110. The summed E-state index contributed by atoms with van der Waals surface area (Å²) in [5, 5.41) is 2.94. The zero-order valence-electron chi connectivity index (χ0n) is 10.8. The summed E-state index contributed by atoms with van der Waals surface area (Å²) in [6, 6.07) is 0. The number of likely N-dealkylation sites (N-methyl/N-ethyl adjacent to an activating group) is 1. The van der Waals surface area contributed by atoms with Gasteiger partial charge >= 0.3 is 0 Å². The molecule has 2 aliphatic rings. The molecule has 1 saturated carbocycles. The van der Waals surface area contributed by atoms with Crippen molar-refractivity contribution in [3.05, 3.63) is 0 Å². The van der Waals surface area contributed by atoms with Gasteiger partial charge in [-0.1, -0.05) is 18.6 Å². The fourth-order valence-electron chi connectivity index (χ4n) is 2.48. The third-order valence-corrected chi connectivity index (χ3v) is 4.34. The van der Waals surface area contributed by atoms with Gasteiger partial charge < -0.3 is 20.7 Å². The molecule has 6 heteroatoms. The van der Waals surface area contributed by atoms with Crippen molar-refractivity contribution in [2.45, 2.75) is 25.4 Å². The van der Waals surface area contributed by atoms with Crippen LogP contribution in [0.2, 0.25) is 0 Å². The molecule has 1 aliphatic heterocycles. The molecule has 0 bridgehead atoms. The molecule has 1 atom stereocenters. The Morgan fingerprint density at radius 1 is 1.61 bits per heavy atom. The average Bonchev–Trinajstić information content (AvgIpc) is 2.24. The molecule has 5 nitrogen and oxygen atoms in total. The molecule has 1 unspecified atom stereocenters. The van der Waals surface area contributed by atoms with Crippen molar-refractivity contribution < 1.29 is 9.53 Å². The minimum atomic E-state index is -0.587. The van der Waals surface area contributed by atoms with Crippen molar-refractivity contribution in [2.75, 3.05) is 33.3 Å². The Morgan fingerprint density at radius 2 is 2.33 bits per heavy atom. The molecule has 2 rings (SSSR count). The SMILES string of the molecule is CN1CCOC(CNC(=O)C2(C(N)=S)CCC2)C1. The van der Waals surface area contributed by atoms with Crippen LogP contribution < -0.4 is 11.1 Å². The zero-order chi connectivity index (χ0) is 13.2. The first-order chi connectivity index (χ1) is 8.54. The fourth-order valence-corrected chi connectivity index (χ4v) is 2.78. The van der Waals surface area contributed by atoms with E-state index in [1.54, 1.807) is 0 Å². The fraction of sp³-hybridized carbons (Fsp3) is 0.833. The highest BCUT2D eigenvalue weighted by molar-refractivity contribution is 7.80. The van der Waals surface area contributed by atoms with Crippen molar-refractivity contribution in [1.82, 2.24) is 10.2 Å². The number of amides is 1. The molecule has 1 saturated heterocycles. The van der Waals surface area contributed by atoms with E-state index in [2.05, 4.69) is 17.3 Å². The minimum Gasteiger partial charge on any atom is -0.392 e. The van der Waals surface area contributed by atoms with Gasteiger partial charge in [0.05, 0.1) is 23.1 Å². The van der Waals surface area contributed by atoms with Gasteiger partial charge in [-0.3, -0.25) is 4.79 Å². The average molecular weight is 271 g/mol. The summed E-state index contributed by atoms with van der Waals surface area (Å²) in [6.07, 6.45) is 2.64. The lowest BCUT2D eigenvalue weighted by atomic mass is 9.68. The summed E-state index contributed by atoms with van der Waals surface area (Å²) >= 11 is 5.02. The topological polar surface area (TPSA) is 67.6 Å². The van der Waals surface area contributed by atoms with Gasteiger partial charge in [0.2, 0.25) is 5.91 Å². The Balaban J connectivity index is 1.82. The Bertz CT molecular complexity index is 344. The summed E-state index contributed by atoms with van der Waals surface area (Å²) in [5.74, 6) is -0.0296. The summed E-state index contributed by atoms with van der Waals surface area (Å²) in [5.41, 5.74) is 5.11. The van der Waals surface area contributed by atoms with E-state index >= 15 is 0 Å². The first-order valence-electron chi connectivity index (χ1n) is 6.43. The van der Waals surface area contributed by atoms with E-state index < -0.39 is 5.41 Å². The highest BCUT2D eigenvalue weighted by Crippen LogP contribution is 2.41. The molecule has 1 heterocycles. The molecule has 1 amide bonds. The Hall–Kier alpha value is -0.720. The van der Waals surface area contributed by atoms with Crippen LogP contribution >= 0.6 is 12.2 Å². The number of rotatable bonds is 4. The van der Waals surface area contributed by atoms with Crippen LogP contribution in [0.3, 0.4) is 0 Å². The van der Waals surface area contributed by atoms with E-state index in [1.165, 1.54) is 0 Å². The first kappa shape index (κ1) is 13.7. The molecule has 0 spiro atoms. The Labute approximate surface area is 113 Å². The van der Waals surface area contributed by atoms with E-state index in [1.807, 2.05) is 0 Å². The monoisotopic (exact) mass is 271 g/mol. The molecule has 0 aromatic carbocycles. The minimum absolute atomic E-state index is 0.0296. The lowest BCUT2D eigenvalue weighted by Crippen LogP contribution is -2.55. The van der Waals surface area contributed by atoms with Crippen molar-refractivity contribution in [3.63, 3.8) is 0 Å². The van der Waals surface area contributed by atoms with Crippen LogP contribution in [0.4, 0.5) is 0 Å². The normalized spacial score (nSPS) is 27.3. The molecule has 102 valence electrons. The van der Waals surface area contributed by atoms with Gasteiger partial charge in [0.15, 0.2) is 0 Å². The Morgan fingerprint density at radius 3 is 2.83 bits per heavy atom. The second-order valence-electron chi connectivity index (χ2n) is 5.26. The van der Waals surface area contributed by atoms with Crippen LogP contribution in [0.5, 0.6) is 0 Å². The quantitative estimate of drug-likeness (QED) is 0.698. The maximum atomic E-state index is 12.2. The Kier molecular flexibility index (Phi) is 4.19. The maximum Gasteiger partial charge on any atom is 0.233 e. The first-order valence-corrected chi connectivity index (χ1v) is 6.84. The summed E-state index contributed by atoms with van der Waals surface area (Å²) in [7, 11) is 2.06. The number of hydrogen-bond donors (Lipinski definition) is 2. The second-order valence-corrected chi connectivity index (χ2v) is 5.70. The van der Waals surface area contributed by atoms with Crippen LogP contribution in [0.1, 0.15) is 19.3 Å². The van der Waals surface area contributed by atoms with Gasteiger partial charge in [0.1, 0.15) is 0 Å². The van der Waals surface area contributed by atoms with E-state index in [0.717, 1.165) is 39.0 Å². The third kappa shape index (κ3) is 2.65. The van der Waals surface area contributed by atoms with Crippen molar-refractivity contribution in [2.24, 2.45) is 11.1 Å². The van der Waals surface area contributed by atoms with Crippen LogP contribution in [-0.2, 0) is 9.53 Å². The number of morpholine rings is 1. The van der Waals surface area contributed by atoms with E-state index in [0.29, 0.717) is 11.5 Å². The van der Waals surface area contributed by atoms with Gasteiger partial charge in [-0.05, 0) is 19.9 Å². The molecule has 0 radical (unpaired) electrons. The number of hydrogen-bond acceptors (Lipinski definition) is 4. The van der Waals surface area contributed by atoms with Crippen LogP contribution in [0, 0.1) is 5.41 Å². The molecular formula is C12H21N3O2S. The number of nitrogens with one attached hydrogen (secondary N) is 1. The maximum absolute atomic E-state index is 12.2. The number of carbonyl (C=O) groups is 1. The van der Waals surface area contributed by atoms with Crippen molar-refractivity contribution in [3.8, 4) is 0 Å². The lowest BCUT2D eigenvalue weighted by molar-refractivity contribution is -0.132. The predicted molar refractivity (Wildman–Crippen MR) is 73.3 cm³/mol. The number of ether oxygens (including phenoxy) is 1. The van der Waals surface area contributed by atoms with Crippen LogP contribution in [0.25, 0.3) is 0 Å². The summed E-state index contributed by atoms with van der Waals surface area (Å²) in [4.78, 5) is 14.7. The number of carbonyl (C=O) groups excluding carboxylic acids is 1. The lowest BCUT2D eigenvalue weighted by Gasteiger charge is -2.39. The number of nitrogens with zero attached hydrogens (tertiary/aromatic N) is 1. The number of nitrogens with two attached hydrogens (primary N) is 1. The van der Waals surface area contributed by atoms with Crippen LogP contribution in [0.15, 0.2) is 0 Å². The number of thiocarbonyl (C=S) groups is 1. The van der Waals surface area contributed by atoms with Crippen LogP contribution in [-0.4, -0.2) is 55.2 Å². The van der Waals surface area contributed by atoms with Gasteiger partial charge in [-0.15, -0.1) is 0 Å². The summed E-state index contributed by atoms with van der Waals surface area (Å²) < 4.78 is 5.60. The molecule has 2 fully saturated rings. The van der Waals surface area contributed by atoms with Gasteiger partial charge in [0.25, 0.3) is 0 Å². The molecule has 1 aliphatic carbocycles. The van der Waals surface area contributed by atoms with Crippen molar-refractivity contribution in [1.29, 1.82) is 0 Å². The van der Waals surface area contributed by atoms with Crippen molar-refractivity contribution >= 4 is 23.1 Å². The standard InChI is InChI=1S/C12H21N3O2S/c1-15-5-6-17-9(8-15)7-14-11(16)12(10(13)18)3-2-4-12/h9H,2-8H2,1H3,(H2,13,18)(H,14,16). The van der Waals surface area contributed by atoms with Gasteiger partial charge in [-0.2, -0.15) is 0 Å². The van der Waals surface area contributed by atoms with E-state index in [-0.39, 0.29) is 12.0 Å². The second kappa shape index (κ2) is 5.50. The largest absolute Gasteiger partial charge is 0.392 e. The molecule has 0 aromatic rings. The molecule has 0 aromatic heterocycles. The van der Waals surface area contributed by atoms with Gasteiger partial charge in [-0.25, -0.2) is 0 Å². The zero-order valence-corrected chi connectivity index (χ0v) is 11.6.